The lowest BCUT2D eigenvalue weighted by molar-refractivity contribution is -0.166. The molecular weight excluding hydrogens is 446 g/mol. The number of primary amides is 1. The number of carbonyl (C=O) groups is 3. The van der Waals surface area contributed by atoms with Crippen LogP contribution < -0.4 is 11.5 Å². The maximum absolute atomic E-state index is 12.4. The number of ether oxygens (including phenoxy) is 3. The van der Waals surface area contributed by atoms with Crippen LogP contribution in [0.15, 0.2) is 12.5 Å². The van der Waals surface area contributed by atoms with E-state index in [4.69, 9.17) is 32.1 Å². The van der Waals surface area contributed by atoms with E-state index in [1.165, 1.54) is 10.8 Å². The molecule has 3 heterocycles. The van der Waals surface area contributed by atoms with Gasteiger partial charge in [0.1, 0.15) is 30.5 Å². The molecule has 4 atom stereocenters. The average Bonchev–Trinajstić information content (AvgIpc) is 3.29. The van der Waals surface area contributed by atoms with Crippen LogP contribution in [0.3, 0.4) is 0 Å². The number of nitrogen functional groups attached to an aromatic ring is 1. The Balaban J connectivity index is 2.11. The Kier molecular flexibility index (Phi) is 6.81. The molecule has 0 radical (unpaired) electrons. The molecule has 0 saturated carbocycles. The Morgan fingerprint density at radius 2 is 1.91 bits per heavy atom. The minimum atomic E-state index is -2.24. The zero-order valence-electron chi connectivity index (χ0n) is 19.2. The number of anilines is 1. The smallest absolute Gasteiger partial charge is 0.308 e. The molecule has 3 rings (SSSR count). The van der Waals surface area contributed by atoms with Crippen LogP contribution in [-0.4, -0.2) is 61.9 Å². The number of nitrogens with two attached hydrogens (primary N) is 2. The van der Waals surface area contributed by atoms with Gasteiger partial charge in [-0.05, 0) is 0 Å². The van der Waals surface area contributed by atoms with Crippen LogP contribution in [0.4, 0.5) is 5.82 Å². The van der Waals surface area contributed by atoms with Crippen molar-refractivity contribution in [2.45, 2.75) is 51.7 Å². The second-order valence-electron chi connectivity index (χ2n) is 8.57. The number of aliphatic hydroxyl groups is 1. The summed E-state index contributed by atoms with van der Waals surface area (Å²) in [5, 5.41) is 11.7. The fourth-order valence-corrected chi connectivity index (χ4v) is 3.55. The number of rotatable bonds is 7. The summed E-state index contributed by atoms with van der Waals surface area (Å²) in [6.07, 6.45) is 4.18. The molecule has 182 valence electrons. The van der Waals surface area contributed by atoms with E-state index in [0.29, 0.717) is 0 Å². The summed E-state index contributed by atoms with van der Waals surface area (Å²) in [5.74, 6) is -0.735. The number of nitrogens with zero attached hydrogens (tertiary/aromatic N) is 3. The average molecular weight is 473 g/mol. The first-order valence-electron chi connectivity index (χ1n) is 10.6. The first kappa shape index (κ1) is 24.9. The molecule has 0 aromatic carbocycles. The lowest BCUT2D eigenvalue weighted by Gasteiger charge is -2.29. The number of carbonyl (C=O) groups excluding carboxylic acids is 3. The summed E-state index contributed by atoms with van der Waals surface area (Å²) in [7, 11) is 0. The Labute approximate surface area is 195 Å². The van der Waals surface area contributed by atoms with Crippen molar-refractivity contribution >= 4 is 34.7 Å². The van der Waals surface area contributed by atoms with Gasteiger partial charge >= 0.3 is 11.9 Å². The molecule has 2 aromatic rings. The fraction of sp³-hybridized carbons (Fsp3) is 0.500. The Bertz CT molecular complexity index is 1170. The van der Waals surface area contributed by atoms with Crippen LogP contribution in [0.1, 0.15) is 44.3 Å². The molecule has 5 N–H and O–H groups in total. The van der Waals surface area contributed by atoms with E-state index >= 15 is 0 Å². The van der Waals surface area contributed by atoms with Gasteiger partial charge in [0.25, 0.3) is 5.91 Å². The summed E-state index contributed by atoms with van der Waals surface area (Å²) < 4.78 is 18.0. The summed E-state index contributed by atoms with van der Waals surface area (Å²) in [5.41, 5.74) is 9.26. The molecule has 12 nitrogen and oxygen atoms in total. The number of aromatic nitrogens is 3. The Morgan fingerprint density at radius 1 is 1.26 bits per heavy atom. The molecule has 1 aliphatic rings. The van der Waals surface area contributed by atoms with Gasteiger partial charge in [-0.25, -0.2) is 9.97 Å². The van der Waals surface area contributed by atoms with Crippen LogP contribution in [0.25, 0.3) is 11.0 Å². The highest BCUT2D eigenvalue weighted by Gasteiger charge is 2.59. The highest BCUT2D eigenvalue weighted by atomic mass is 16.6. The maximum atomic E-state index is 12.4. The van der Waals surface area contributed by atoms with Crippen LogP contribution in [0, 0.1) is 24.2 Å². The normalized spacial score (nSPS) is 24.4. The molecule has 4 unspecified atom stereocenters. The fourth-order valence-electron chi connectivity index (χ4n) is 3.55. The van der Waals surface area contributed by atoms with E-state index in [0.717, 1.165) is 6.33 Å². The second kappa shape index (κ2) is 9.28. The van der Waals surface area contributed by atoms with Gasteiger partial charge < -0.3 is 35.4 Å². The van der Waals surface area contributed by atoms with E-state index in [2.05, 4.69) is 15.9 Å². The number of esters is 2. The predicted octanol–water partition coefficient (Wildman–Crippen LogP) is 0.141. The van der Waals surface area contributed by atoms with Crippen LogP contribution in [-0.2, 0) is 23.8 Å². The van der Waals surface area contributed by atoms with E-state index < -0.39 is 53.7 Å². The van der Waals surface area contributed by atoms with Crippen molar-refractivity contribution in [3.63, 3.8) is 0 Å². The summed E-state index contributed by atoms with van der Waals surface area (Å²) in [4.78, 5) is 44.5. The van der Waals surface area contributed by atoms with Gasteiger partial charge in [-0.2, -0.15) is 0 Å². The standard InChI is InChI=1S/C22H27N5O7/c1-6-22(31)15(34-20(30)11(4)5)13(8-32-19(29)10(2)3)33-21(22)27-7-12(17(24)28)14-16(23)25-9-26-18(14)27/h1,7,9-11,13,15,21,31H,8H2,2-5H3,(H2,24,28)(H2,23,25,26). The Hall–Kier alpha value is -3.69. The van der Waals surface area contributed by atoms with Crippen LogP contribution in [0.2, 0.25) is 0 Å². The number of terminal acetylenes is 1. The topological polar surface area (TPSA) is 182 Å². The monoisotopic (exact) mass is 473 g/mol. The highest BCUT2D eigenvalue weighted by molar-refractivity contribution is 6.08. The number of hydrogen-bond donors (Lipinski definition) is 3. The van der Waals surface area contributed by atoms with Crippen molar-refractivity contribution < 1.29 is 33.7 Å². The van der Waals surface area contributed by atoms with Crippen molar-refractivity contribution in [3.05, 3.63) is 18.1 Å². The van der Waals surface area contributed by atoms with Gasteiger partial charge in [0.05, 0.1) is 22.8 Å². The summed E-state index contributed by atoms with van der Waals surface area (Å²) in [6.45, 7) is 6.16. The largest absolute Gasteiger partial charge is 0.463 e. The number of fused-ring (bicyclic) bond motifs is 1. The molecule has 1 aliphatic heterocycles. The molecule has 1 saturated heterocycles. The highest BCUT2D eigenvalue weighted by Crippen LogP contribution is 2.42. The van der Waals surface area contributed by atoms with Crippen molar-refractivity contribution in [1.29, 1.82) is 0 Å². The van der Waals surface area contributed by atoms with Gasteiger partial charge in [0, 0.05) is 6.20 Å². The summed E-state index contributed by atoms with van der Waals surface area (Å²) in [6, 6.07) is 0. The van der Waals surface area contributed by atoms with E-state index in [1.54, 1.807) is 27.7 Å². The molecule has 0 bridgehead atoms. The zero-order valence-corrected chi connectivity index (χ0v) is 19.2. The predicted molar refractivity (Wildman–Crippen MR) is 119 cm³/mol. The lowest BCUT2D eigenvalue weighted by atomic mass is 9.94. The first-order valence-corrected chi connectivity index (χ1v) is 10.6. The van der Waals surface area contributed by atoms with Gasteiger partial charge in [0.15, 0.2) is 12.3 Å². The molecular formula is C22H27N5O7. The Morgan fingerprint density at radius 3 is 2.47 bits per heavy atom. The second-order valence-corrected chi connectivity index (χ2v) is 8.57. The zero-order chi connectivity index (χ0) is 25.4. The maximum Gasteiger partial charge on any atom is 0.308 e. The van der Waals surface area contributed by atoms with Crippen molar-refractivity contribution in [2.75, 3.05) is 12.3 Å². The third-order valence-electron chi connectivity index (χ3n) is 5.42. The third-order valence-corrected chi connectivity index (χ3v) is 5.42. The molecule has 12 heteroatoms. The quantitative estimate of drug-likeness (QED) is 0.369. The van der Waals surface area contributed by atoms with E-state index in [1.807, 2.05) is 0 Å². The third kappa shape index (κ3) is 4.27. The first-order chi connectivity index (χ1) is 15.9. The molecule has 2 aromatic heterocycles. The van der Waals surface area contributed by atoms with E-state index in [9.17, 15) is 19.5 Å². The minimum absolute atomic E-state index is 0.0232. The van der Waals surface area contributed by atoms with E-state index in [-0.39, 0.29) is 29.0 Å². The molecule has 0 spiro atoms. The minimum Gasteiger partial charge on any atom is -0.463 e. The number of hydrogen-bond acceptors (Lipinski definition) is 10. The SMILES string of the molecule is C#CC1(O)C(OC(=O)C(C)C)C(COC(=O)C(C)C)OC1n1cc(C(N)=O)c2c(N)ncnc21. The van der Waals surface area contributed by atoms with Gasteiger partial charge in [-0.3, -0.25) is 14.4 Å². The van der Waals surface area contributed by atoms with Crippen molar-refractivity contribution in [3.8, 4) is 12.3 Å². The summed E-state index contributed by atoms with van der Waals surface area (Å²) >= 11 is 0. The van der Waals surface area contributed by atoms with Crippen molar-refractivity contribution in [1.82, 2.24) is 14.5 Å². The van der Waals surface area contributed by atoms with Crippen molar-refractivity contribution in [2.24, 2.45) is 17.6 Å². The molecule has 1 amide bonds. The van der Waals surface area contributed by atoms with Crippen LogP contribution in [0.5, 0.6) is 0 Å². The van der Waals surface area contributed by atoms with Gasteiger partial charge in [-0.1, -0.05) is 33.6 Å². The molecule has 0 aliphatic carbocycles. The molecule has 34 heavy (non-hydrogen) atoms. The molecule has 1 fully saturated rings. The lowest BCUT2D eigenvalue weighted by Crippen LogP contribution is -2.49. The van der Waals surface area contributed by atoms with Gasteiger partial charge in [-0.15, -0.1) is 6.42 Å². The van der Waals surface area contributed by atoms with Crippen LogP contribution >= 0.6 is 0 Å². The number of amides is 1. The van der Waals surface area contributed by atoms with Gasteiger partial charge in [0.2, 0.25) is 5.60 Å².